The van der Waals surface area contributed by atoms with E-state index in [0.29, 0.717) is 6.54 Å². The molecule has 1 atom stereocenters. The summed E-state index contributed by atoms with van der Waals surface area (Å²) in [6.07, 6.45) is 2.39. The van der Waals surface area contributed by atoms with Crippen molar-refractivity contribution in [2.75, 3.05) is 19.6 Å². The highest BCUT2D eigenvalue weighted by Gasteiger charge is 2.19. The van der Waals surface area contributed by atoms with Crippen molar-refractivity contribution in [3.8, 4) is 5.75 Å². The maximum absolute atomic E-state index is 13.1. The summed E-state index contributed by atoms with van der Waals surface area (Å²) in [5.41, 5.74) is -0.0198. The summed E-state index contributed by atoms with van der Waals surface area (Å²) in [5, 5.41) is 12.3. The van der Waals surface area contributed by atoms with Crippen LogP contribution in [-0.4, -0.2) is 41.6 Å². The summed E-state index contributed by atoms with van der Waals surface area (Å²) in [4.78, 5) is 14.2. The smallest absolute Gasteiger partial charge is 0.255 e. The minimum atomic E-state index is -0.532. The largest absolute Gasteiger partial charge is 0.507 e. The predicted molar refractivity (Wildman–Crippen MR) is 70.7 cm³/mol. The van der Waals surface area contributed by atoms with Crippen LogP contribution in [0.1, 0.15) is 30.1 Å². The van der Waals surface area contributed by atoms with Gasteiger partial charge in [-0.15, -0.1) is 0 Å². The van der Waals surface area contributed by atoms with Gasteiger partial charge in [0.1, 0.15) is 11.6 Å². The third-order valence-electron chi connectivity index (χ3n) is 3.53. The molecule has 19 heavy (non-hydrogen) atoms. The van der Waals surface area contributed by atoms with E-state index < -0.39 is 11.7 Å². The second-order valence-corrected chi connectivity index (χ2v) is 4.96. The van der Waals surface area contributed by atoms with E-state index >= 15 is 0 Å². The van der Waals surface area contributed by atoms with E-state index in [4.69, 9.17) is 0 Å². The first-order valence-corrected chi connectivity index (χ1v) is 6.58. The Morgan fingerprint density at radius 1 is 1.47 bits per heavy atom. The Morgan fingerprint density at radius 3 is 2.84 bits per heavy atom. The third-order valence-corrected chi connectivity index (χ3v) is 3.53. The fraction of sp³-hybridized carbons (Fsp3) is 0.500. The number of carbonyl (C=O) groups excluding carboxylic acids is 1. The minimum absolute atomic E-state index is 0.0198. The normalized spacial score (nSPS) is 17.4. The molecule has 1 saturated heterocycles. The minimum Gasteiger partial charge on any atom is -0.507 e. The number of aromatic hydroxyl groups is 1. The monoisotopic (exact) mass is 266 g/mol. The van der Waals surface area contributed by atoms with Gasteiger partial charge in [0.25, 0.3) is 5.91 Å². The van der Waals surface area contributed by atoms with Crippen molar-refractivity contribution in [3.05, 3.63) is 29.6 Å². The van der Waals surface area contributed by atoms with E-state index in [2.05, 4.69) is 17.1 Å². The number of phenols is 1. The lowest BCUT2D eigenvalue weighted by atomic mass is 10.1. The molecule has 1 unspecified atom stereocenters. The number of hydrogen-bond donors (Lipinski definition) is 2. The Kier molecular flexibility index (Phi) is 4.37. The molecule has 1 aliphatic heterocycles. The van der Waals surface area contributed by atoms with E-state index in [-0.39, 0.29) is 17.4 Å². The molecule has 0 bridgehead atoms. The summed E-state index contributed by atoms with van der Waals surface area (Å²) in [7, 11) is 0. The number of halogens is 1. The van der Waals surface area contributed by atoms with E-state index in [1.54, 1.807) is 0 Å². The van der Waals surface area contributed by atoms with Crippen LogP contribution in [-0.2, 0) is 0 Å². The van der Waals surface area contributed by atoms with Crippen LogP contribution in [0.5, 0.6) is 5.75 Å². The molecule has 2 N–H and O–H groups in total. The van der Waals surface area contributed by atoms with Gasteiger partial charge in [-0.05, 0) is 51.1 Å². The zero-order valence-electron chi connectivity index (χ0n) is 11.0. The van der Waals surface area contributed by atoms with Gasteiger partial charge in [-0.25, -0.2) is 4.39 Å². The van der Waals surface area contributed by atoms with Crippen LogP contribution in [0.4, 0.5) is 4.39 Å². The van der Waals surface area contributed by atoms with Crippen LogP contribution < -0.4 is 5.32 Å². The molecule has 1 aromatic carbocycles. The molecule has 5 heteroatoms. The summed E-state index contributed by atoms with van der Waals surface area (Å²) in [6, 6.07) is 3.61. The van der Waals surface area contributed by atoms with Crippen molar-refractivity contribution in [1.29, 1.82) is 0 Å². The number of amides is 1. The van der Waals surface area contributed by atoms with Gasteiger partial charge in [0, 0.05) is 12.6 Å². The Morgan fingerprint density at radius 2 is 2.16 bits per heavy atom. The van der Waals surface area contributed by atoms with E-state index in [9.17, 15) is 14.3 Å². The van der Waals surface area contributed by atoms with Crippen LogP contribution >= 0.6 is 0 Å². The van der Waals surface area contributed by atoms with E-state index in [1.165, 1.54) is 18.9 Å². The van der Waals surface area contributed by atoms with Gasteiger partial charge in [-0.1, -0.05) is 0 Å². The zero-order valence-corrected chi connectivity index (χ0v) is 11.0. The molecule has 4 nitrogen and oxygen atoms in total. The molecule has 1 heterocycles. The zero-order chi connectivity index (χ0) is 13.8. The van der Waals surface area contributed by atoms with Crippen molar-refractivity contribution >= 4 is 5.91 Å². The van der Waals surface area contributed by atoms with Crippen LogP contribution in [0.3, 0.4) is 0 Å². The highest BCUT2D eigenvalue weighted by Crippen LogP contribution is 2.17. The molecule has 0 aliphatic carbocycles. The molecular weight excluding hydrogens is 247 g/mol. The number of rotatable bonds is 4. The van der Waals surface area contributed by atoms with E-state index in [1.807, 2.05) is 0 Å². The first-order chi connectivity index (χ1) is 9.08. The third kappa shape index (κ3) is 3.44. The number of benzene rings is 1. The maximum atomic E-state index is 13.1. The number of nitrogens with one attached hydrogen (secondary N) is 1. The average Bonchev–Trinajstić information content (AvgIpc) is 2.92. The lowest BCUT2D eigenvalue weighted by molar-refractivity contribution is 0.0937. The fourth-order valence-corrected chi connectivity index (χ4v) is 2.34. The lowest BCUT2D eigenvalue weighted by Gasteiger charge is -2.23. The Balaban J connectivity index is 1.91. The highest BCUT2D eigenvalue weighted by atomic mass is 19.1. The maximum Gasteiger partial charge on any atom is 0.255 e. The molecule has 1 aliphatic rings. The SMILES string of the molecule is CC(CNC(=O)c1cc(F)ccc1O)N1CCCC1. The van der Waals surface area contributed by atoms with Gasteiger partial charge in [-0.3, -0.25) is 9.69 Å². The van der Waals surface area contributed by atoms with Crippen molar-refractivity contribution in [2.24, 2.45) is 0 Å². The van der Waals surface area contributed by atoms with Crippen LogP contribution in [0.15, 0.2) is 18.2 Å². The van der Waals surface area contributed by atoms with Gasteiger partial charge in [-0.2, -0.15) is 0 Å². The Hall–Kier alpha value is -1.62. The summed E-state index contributed by atoms with van der Waals surface area (Å²) in [6.45, 7) is 4.66. The van der Waals surface area contributed by atoms with Gasteiger partial charge in [0.15, 0.2) is 0 Å². The van der Waals surface area contributed by atoms with Gasteiger partial charge in [0.2, 0.25) is 0 Å². The second kappa shape index (κ2) is 6.02. The fourth-order valence-electron chi connectivity index (χ4n) is 2.34. The van der Waals surface area contributed by atoms with Crippen molar-refractivity contribution < 1.29 is 14.3 Å². The summed E-state index contributed by atoms with van der Waals surface area (Å²) >= 11 is 0. The van der Waals surface area contributed by atoms with Gasteiger partial charge >= 0.3 is 0 Å². The standard InChI is InChI=1S/C14H19FN2O2/c1-10(17-6-2-3-7-17)9-16-14(19)12-8-11(15)4-5-13(12)18/h4-5,8,10,18H,2-3,6-7,9H2,1H3,(H,16,19). The summed E-state index contributed by atoms with van der Waals surface area (Å²) < 4.78 is 13.1. The van der Waals surface area contributed by atoms with E-state index in [0.717, 1.165) is 25.2 Å². The average molecular weight is 266 g/mol. The molecule has 1 amide bonds. The second-order valence-electron chi connectivity index (χ2n) is 4.96. The quantitative estimate of drug-likeness (QED) is 0.873. The van der Waals surface area contributed by atoms with Crippen LogP contribution in [0.2, 0.25) is 0 Å². The van der Waals surface area contributed by atoms with Crippen molar-refractivity contribution in [1.82, 2.24) is 10.2 Å². The van der Waals surface area contributed by atoms with Gasteiger partial charge in [0.05, 0.1) is 5.56 Å². The van der Waals surface area contributed by atoms with Crippen molar-refractivity contribution in [2.45, 2.75) is 25.8 Å². The topological polar surface area (TPSA) is 52.6 Å². The van der Waals surface area contributed by atoms with Crippen LogP contribution in [0.25, 0.3) is 0 Å². The molecule has 0 aromatic heterocycles. The molecule has 1 fully saturated rings. The Bertz CT molecular complexity index is 459. The number of likely N-dealkylation sites (tertiary alicyclic amines) is 1. The van der Waals surface area contributed by atoms with Gasteiger partial charge < -0.3 is 10.4 Å². The molecular formula is C14H19FN2O2. The summed E-state index contributed by atoms with van der Waals surface area (Å²) in [5.74, 6) is -1.17. The number of nitrogens with zero attached hydrogens (tertiary/aromatic N) is 1. The molecule has 0 saturated carbocycles. The number of carbonyl (C=O) groups is 1. The number of phenolic OH excluding ortho intramolecular Hbond substituents is 1. The predicted octanol–water partition coefficient (Wildman–Crippen LogP) is 1.75. The first-order valence-electron chi connectivity index (χ1n) is 6.58. The molecule has 0 spiro atoms. The molecule has 104 valence electrons. The van der Waals surface area contributed by atoms with Crippen LogP contribution in [0, 0.1) is 5.82 Å². The van der Waals surface area contributed by atoms with Crippen molar-refractivity contribution in [3.63, 3.8) is 0 Å². The molecule has 2 rings (SSSR count). The Labute approximate surface area is 112 Å². The molecule has 0 radical (unpaired) electrons. The number of hydrogen-bond acceptors (Lipinski definition) is 3. The molecule has 1 aromatic rings. The lowest BCUT2D eigenvalue weighted by Crippen LogP contribution is -2.40. The highest BCUT2D eigenvalue weighted by molar-refractivity contribution is 5.96. The first kappa shape index (κ1) is 13.8.